The Balaban J connectivity index is 1.41. The first-order chi connectivity index (χ1) is 14.0. The second-order valence-corrected chi connectivity index (χ2v) is 10.8. The van der Waals surface area contributed by atoms with Gasteiger partial charge in [0.25, 0.3) is 10.0 Å². The first kappa shape index (κ1) is 20.5. The van der Waals surface area contributed by atoms with Gasteiger partial charge in [-0.25, -0.2) is 18.4 Å². The highest BCUT2D eigenvalue weighted by Crippen LogP contribution is 2.27. The SMILES string of the molecule is CCc1ccc(S(=O)(=O)N2CCN(c3cc(N4CCN(C)CC4)ncn3)CC2)s1. The number of thiophene rings is 1. The third kappa shape index (κ3) is 4.40. The van der Waals surface area contributed by atoms with E-state index in [1.54, 1.807) is 16.7 Å². The Hall–Kier alpha value is -1.75. The average Bonchev–Trinajstić information content (AvgIpc) is 3.25. The minimum Gasteiger partial charge on any atom is -0.354 e. The van der Waals surface area contributed by atoms with Crippen LogP contribution in [0.1, 0.15) is 11.8 Å². The molecule has 2 saturated heterocycles. The van der Waals surface area contributed by atoms with Crippen molar-refractivity contribution in [3.05, 3.63) is 29.4 Å². The van der Waals surface area contributed by atoms with E-state index in [9.17, 15) is 8.42 Å². The molecule has 0 unspecified atom stereocenters. The molecule has 0 N–H and O–H groups in total. The molecule has 0 amide bonds. The molecule has 0 spiro atoms. The zero-order valence-corrected chi connectivity index (χ0v) is 18.6. The van der Waals surface area contributed by atoms with Gasteiger partial charge >= 0.3 is 0 Å². The molecule has 2 aromatic heterocycles. The lowest BCUT2D eigenvalue weighted by atomic mass is 10.3. The molecule has 8 nitrogen and oxygen atoms in total. The van der Waals surface area contributed by atoms with Crippen LogP contribution in [0.3, 0.4) is 0 Å². The highest BCUT2D eigenvalue weighted by molar-refractivity contribution is 7.91. The Morgan fingerprint density at radius 1 is 0.931 bits per heavy atom. The van der Waals surface area contributed by atoms with Gasteiger partial charge in [0.15, 0.2) is 0 Å². The standard InChI is InChI=1S/C19H28N6O2S2/c1-3-16-4-5-19(28-16)29(26,27)25-12-10-24(11-13-25)18-14-17(20-15-21-18)23-8-6-22(2)7-9-23/h4-5,14-15H,3,6-13H2,1-2H3. The first-order valence-corrected chi connectivity index (χ1v) is 12.3. The zero-order chi connectivity index (χ0) is 20.4. The van der Waals surface area contributed by atoms with Gasteiger partial charge in [0.05, 0.1) is 0 Å². The quantitative estimate of drug-likeness (QED) is 0.701. The third-order valence-electron chi connectivity index (χ3n) is 5.61. The van der Waals surface area contributed by atoms with Crippen LogP contribution in [0.2, 0.25) is 0 Å². The van der Waals surface area contributed by atoms with E-state index in [2.05, 4.69) is 31.7 Å². The summed E-state index contributed by atoms with van der Waals surface area (Å²) in [5.41, 5.74) is 0. The molecule has 0 aliphatic carbocycles. The van der Waals surface area contributed by atoms with Crippen LogP contribution < -0.4 is 9.80 Å². The monoisotopic (exact) mass is 436 g/mol. The smallest absolute Gasteiger partial charge is 0.252 e. The van der Waals surface area contributed by atoms with E-state index in [4.69, 9.17) is 0 Å². The van der Waals surface area contributed by atoms with Crippen LogP contribution in [0.5, 0.6) is 0 Å². The highest BCUT2D eigenvalue weighted by atomic mass is 32.2. The maximum Gasteiger partial charge on any atom is 0.252 e. The predicted octanol–water partition coefficient (Wildman–Crippen LogP) is 1.36. The van der Waals surface area contributed by atoms with Gasteiger partial charge in [0, 0.05) is 63.3 Å². The van der Waals surface area contributed by atoms with E-state index >= 15 is 0 Å². The average molecular weight is 437 g/mol. The second kappa shape index (κ2) is 8.55. The van der Waals surface area contributed by atoms with Crippen LogP contribution in [0, 0.1) is 0 Å². The number of likely N-dealkylation sites (N-methyl/N-ethyl adjacent to an activating group) is 1. The van der Waals surface area contributed by atoms with Crippen molar-refractivity contribution < 1.29 is 8.42 Å². The summed E-state index contributed by atoms with van der Waals surface area (Å²) in [6.07, 6.45) is 2.47. The highest BCUT2D eigenvalue weighted by Gasteiger charge is 2.30. The Labute approximate surface area is 176 Å². The van der Waals surface area contributed by atoms with Gasteiger partial charge < -0.3 is 14.7 Å². The molecule has 0 atom stereocenters. The van der Waals surface area contributed by atoms with Gasteiger partial charge in [-0.05, 0) is 25.6 Å². The largest absolute Gasteiger partial charge is 0.354 e. The predicted molar refractivity (Wildman–Crippen MR) is 116 cm³/mol. The van der Waals surface area contributed by atoms with Gasteiger partial charge in [-0.15, -0.1) is 11.3 Å². The van der Waals surface area contributed by atoms with Crippen molar-refractivity contribution in [2.24, 2.45) is 0 Å². The van der Waals surface area contributed by atoms with E-state index in [0.717, 1.165) is 49.1 Å². The van der Waals surface area contributed by atoms with E-state index < -0.39 is 10.0 Å². The fourth-order valence-corrected chi connectivity index (χ4v) is 6.56. The first-order valence-electron chi connectivity index (χ1n) is 10.1. The topological polar surface area (TPSA) is 72.9 Å². The van der Waals surface area contributed by atoms with Gasteiger partial charge in [-0.2, -0.15) is 4.31 Å². The van der Waals surface area contributed by atoms with Crippen LogP contribution >= 0.6 is 11.3 Å². The lowest BCUT2D eigenvalue weighted by molar-refractivity contribution is 0.312. The summed E-state index contributed by atoms with van der Waals surface area (Å²) in [5, 5.41) is 0. The zero-order valence-electron chi connectivity index (χ0n) is 17.0. The van der Waals surface area contributed by atoms with Crippen molar-refractivity contribution in [1.82, 2.24) is 19.2 Å². The summed E-state index contributed by atoms with van der Waals surface area (Å²) in [6.45, 7) is 8.20. The number of aromatic nitrogens is 2. The summed E-state index contributed by atoms with van der Waals surface area (Å²) >= 11 is 1.38. The number of sulfonamides is 1. The Bertz CT molecular complexity index is 932. The van der Waals surface area contributed by atoms with Crippen molar-refractivity contribution in [2.45, 2.75) is 17.6 Å². The molecule has 158 valence electrons. The number of nitrogens with zero attached hydrogens (tertiary/aromatic N) is 6. The fourth-order valence-electron chi connectivity index (χ4n) is 3.69. The second-order valence-electron chi connectivity index (χ2n) is 7.49. The summed E-state index contributed by atoms with van der Waals surface area (Å²) in [6, 6.07) is 5.68. The number of piperazine rings is 2. The lowest BCUT2D eigenvalue weighted by Crippen LogP contribution is -2.49. The van der Waals surface area contributed by atoms with E-state index in [1.807, 2.05) is 19.1 Å². The Morgan fingerprint density at radius 2 is 1.52 bits per heavy atom. The Kier molecular flexibility index (Phi) is 6.05. The van der Waals surface area contributed by atoms with Crippen LogP contribution in [0.15, 0.2) is 28.7 Å². The van der Waals surface area contributed by atoms with Crippen molar-refractivity contribution in [3.8, 4) is 0 Å². The summed E-state index contributed by atoms with van der Waals surface area (Å²) in [5.74, 6) is 1.82. The number of hydrogen-bond donors (Lipinski definition) is 0. The molecule has 2 aromatic rings. The number of anilines is 2. The van der Waals surface area contributed by atoms with Gasteiger partial charge in [0.1, 0.15) is 22.2 Å². The molecule has 0 radical (unpaired) electrons. The summed E-state index contributed by atoms with van der Waals surface area (Å²) in [7, 11) is -1.27. The van der Waals surface area contributed by atoms with Crippen LogP contribution in [0.4, 0.5) is 11.6 Å². The molecular formula is C19H28N6O2S2. The number of hydrogen-bond acceptors (Lipinski definition) is 8. The van der Waals surface area contributed by atoms with Crippen molar-refractivity contribution in [1.29, 1.82) is 0 Å². The molecule has 2 aliphatic heterocycles. The molecule has 0 bridgehead atoms. The maximum absolute atomic E-state index is 12.9. The van der Waals surface area contributed by atoms with Gasteiger partial charge in [-0.1, -0.05) is 6.92 Å². The molecule has 29 heavy (non-hydrogen) atoms. The maximum atomic E-state index is 12.9. The molecular weight excluding hydrogens is 408 g/mol. The van der Waals surface area contributed by atoms with Gasteiger partial charge in [-0.3, -0.25) is 0 Å². The van der Waals surface area contributed by atoms with Crippen LogP contribution in [-0.4, -0.2) is 87.0 Å². The van der Waals surface area contributed by atoms with Crippen molar-refractivity contribution in [3.63, 3.8) is 0 Å². The third-order valence-corrected chi connectivity index (χ3v) is 9.20. The molecule has 4 rings (SSSR count). The minimum atomic E-state index is -3.41. The molecule has 0 aromatic carbocycles. The molecule has 2 aliphatic rings. The fraction of sp³-hybridized carbons (Fsp3) is 0.579. The van der Waals surface area contributed by atoms with Crippen molar-refractivity contribution in [2.75, 3.05) is 69.2 Å². The van der Waals surface area contributed by atoms with E-state index in [-0.39, 0.29) is 0 Å². The van der Waals surface area contributed by atoms with E-state index in [0.29, 0.717) is 30.4 Å². The molecule has 2 fully saturated rings. The Morgan fingerprint density at radius 3 is 2.07 bits per heavy atom. The van der Waals surface area contributed by atoms with Gasteiger partial charge in [0.2, 0.25) is 0 Å². The van der Waals surface area contributed by atoms with E-state index in [1.165, 1.54) is 11.3 Å². The lowest BCUT2D eigenvalue weighted by Gasteiger charge is -2.36. The van der Waals surface area contributed by atoms with Crippen molar-refractivity contribution >= 4 is 33.0 Å². The minimum absolute atomic E-state index is 0.446. The number of rotatable bonds is 5. The molecule has 4 heterocycles. The summed E-state index contributed by atoms with van der Waals surface area (Å²) < 4.78 is 27.9. The molecule has 10 heteroatoms. The van der Waals surface area contributed by atoms with Crippen LogP contribution in [0.25, 0.3) is 0 Å². The summed E-state index contributed by atoms with van der Waals surface area (Å²) in [4.78, 5) is 16.7. The normalized spacial score (nSPS) is 19.7. The number of aryl methyl sites for hydroxylation is 1. The van der Waals surface area contributed by atoms with Crippen LogP contribution in [-0.2, 0) is 16.4 Å². The molecule has 0 saturated carbocycles.